The third kappa shape index (κ3) is 3.90. The number of thiocarbonyl (C=S) groups is 1. The molecule has 0 bridgehead atoms. The van der Waals surface area contributed by atoms with E-state index in [0.717, 1.165) is 10.6 Å². The summed E-state index contributed by atoms with van der Waals surface area (Å²) >= 11 is 5.14. The second-order valence-electron chi connectivity index (χ2n) is 7.58. The number of rotatable bonds is 4. The number of esters is 1. The zero-order valence-electron chi connectivity index (χ0n) is 18.6. The van der Waals surface area contributed by atoms with Gasteiger partial charge in [-0.3, -0.25) is 14.9 Å². The third-order valence-electron chi connectivity index (χ3n) is 5.52. The molecule has 0 aliphatic carbocycles. The highest BCUT2D eigenvalue weighted by atomic mass is 32.1. The maximum atomic E-state index is 14.4. The molecule has 4 rings (SSSR count). The number of nitrogens with zero attached hydrogens (tertiary/aromatic N) is 2. The summed E-state index contributed by atoms with van der Waals surface area (Å²) in [7, 11) is 1.31. The first-order chi connectivity index (χ1) is 16.2. The zero-order valence-corrected chi connectivity index (χ0v) is 19.4. The van der Waals surface area contributed by atoms with E-state index < -0.39 is 23.6 Å². The lowest BCUT2D eigenvalue weighted by atomic mass is 10.1. The monoisotopic (exact) mass is 477 g/mol. The minimum absolute atomic E-state index is 0.0547. The van der Waals surface area contributed by atoms with Crippen molar-refractivity contribution < 1.29 is 23.5 Å². The highest BCUT2D eigenvalue weighted by Crippen LogP contribution is 2.28. The SMILES string of the molecule is COC(=O)c1ccccc1-n1c(C)cc(/C=C2\C(=O)NC(=S)N(c3ccccc3F)C2=O)c1C. The van der Waals surface area contributed by atoms with Gasteiger partial charge in [0, 0.05) is 11.4 Å². The number of aromatic nitrogens is 1. The fourth-order valence-corrected chi connectivity index (χ4v) is 4.19. The molecule has 172 valence electrons. The molecular weight excluding hydrogens is 457 g/mol. The smallest absolute Gasteiger partial charge is 0.339 e. The summed E-state index contributed by atoms with van der Waals surface area (Å²) in [6.07, 6.45) is 1.44. The van der Waals surface area contributed by atoms with Crippen LogP contribution >= 0.6 is 12.2 Å². The van der Waals surface area contributed by atoms with Crippen molar-refractivity contribution in [2.45, 2.75) is 13.8 Å². The van der Waals surface area contributed by atoms with Crippen LogP contribution in [0.5, 0.6) is 0 Å². The van der Waals surface area contributed by atoms with E-state index in [0.29, 0.717) is 22.5 Å². The second kappa shape index (κ2) is 9.03. The third-order valence-corrected chi connectivity index (χ3v) is 5.80. The van der Waals surface area contributed by atoms with E-state index in [1.54, 1.807) is 43.3 Å². The number of anilines is 1. The summed E-state index contributed by atoms with van der Waals surface area (Å²) in [5.74, 6) is -2.55. The van der Waals surface area contributed by atoms with Crippen LogP contribution in [0.3, 0.4) is 0 Å². The number of carbonyl (C=O) groups is 3. The Morgan fingerprint density at radius 3 is 2.38 bits per heavy atom. The Kier molecular flexibility index (Phi) is 6.12. The summed E-state index contributed by atoms with van der Waals surface area (Å²) in [5.41, 5.74) is 2.76. The van der Waals surface area contributed by atoms with Crippen LogP contribution in [-0.4, -0.2) is 34.6 Å². The maximum absolute atomic E-state index is 14.4. The maximum Gasteiger partial charge on any atom is 0.339 e. The largest absolute Gasteiger partial charge is 0.465 e. The number of amides is 2. The summed E-state index contributed by atoms with van der Waals surface area (Å²) in [6.45, 7) is 3.64. The zero-order chi connectivity index (χ0) is 24.6. The fourth-order valence-electron chi connectivity index (χ4n) is 3.92. The van der Waals surface area contributed by atoms with Crippen LogP contribution in [0.2, 0.25) is 0 Å². The van der Waals surface area contributed by atoms with Crippen LogP contribution in [0, 0.1) is 19.7 Å². The average Bonchev–Trinajstić information content (AvgIpc) is 3.09. The molecule has 34 heavy (non-hydrogen) atoms. The normalized spacial score (nSPS) is 15.0. The first-order valence-corrected chi connectivity index (χ1v) is 10.7. The quantitative estimate of drug-likeness (QED) is 0.267. The fraction of sp³-hybridized carbons (Fsp3) is 0.120. The number of benzene rings is 2. The molecule has 0 saturated carbocycles. The molecule has 1 aromatic heterocycles. The highest BCUT2D eigenvalue weighted by molar-refractivity contribution is 7.80. The van der Waals surface area contributed by atoms with Crippen molar-refractivity contribution in [2.75, 3.05) is 12.0 Å². The van der Waals surface area contributed by atoms with Gasteiger partial charge in [-0.25, -0.2) is 14.1 Å². The number of carbonyl (C=O) groups excluding carboxylic acids is 3. The van der Waals surface area contributed by atoms with Gasteiger partial charge in [0.15, 0.2) is 5.11 Å². The van der Waals surface area contributed by atoms with Crippen molar-refractivity contribution in [3.8, 4) is 5.69 Å². The van der Waals surface area contributed by atoms with Crippen LogP contribution in [0.15, 0.2) is 60.2 Å². The molecule has 2 heterocycles. The van der Waals surface area contributed by atoms with Gasteiger partial charge in [0.25, 0.3) is 11.8 Å². The van der Waals surface area contributed by atoms with Gasteiger partial charge in [0.05, 0.1) is 24.0 Å². The van der Waals surface area contributed by atoms with E-state index in [2.05, 4.69) is 5.32 Å². The van der Waals surface area contributed by atoms with Gasteiger partial charge in [-0.1, -0.05) is 24.3 Å². The molecule has 0 spiro atoms. The molecule has 2 amide bonds. The predicted molar refractivity (Wildman–Crippen MR) is 129 cm³/mol. The number of halogens is 1. The highest BCUT2D eigenvalue weighted by Gasteiger charge is 2.36. The molecule has 3 aromatic rings. The van der Waals surface area contributed by atoms with Gasteiger partial charge < -0.3 is 9.30 Å². The second-order valence-corrected chi connectivity index (χ2v) is 7.97. The number of aryl methyl sites for hydroxylation is 1. The van der Waals surface area contributed by atoms with Gasteiger partial charge in [-0.15, -0.1) is 0 Å². The summed E-state index contributed by atoms with van der Waals surface area (Å²) in [4.78, 5) is 39.1. The molecule has 0 unspecified atom stereocenters. The van der Waals surface area contributed by atoms with Crippen molar-refractivity contribution in [3.63, 3.8) is 0 Å². The molecule has 1 aliphatic heterocycles. The van der Waals surface area contributed by atoms with Crippen LogP contribution in [0.1, 0.15) is 27.3 Å². The van der Waals surface area contributed by atoms with E-state index in [4.69, 9.17) is 17.0 Å². The Morgan fingerprint density at radius 1 is 1.06 bits per heavy atom. The number of hydrogen-bond acceptors (Lipinski definition) is 5. The van der Waals surface area contributed by atoms with E-state index in [9.17, 15) is 18.8 Å². The van der Waals surface area contributed by atoms with Crippen molar-refractivity contribution >= 4 is 46.9 Å². The molecule has 1 aliphatic rings. The lowest BCUT2D eigenvalue weighted by Crippen LogP contribution is -2.54. The van der Waals surface area contributed by atoms with Crippen LogP contribution in [0.4, 0.5) is 10.1 Å². The molecule has 0 atom stereocenters. The standard InChI is InChI=1S/C25H20FN3O4S/c1-14-12-16(15(2)28(14)20-10-6-4-8-17(20)24(32)33-3)13-18-22(30)27-25(34)29(23(18)31)21-11-7-5-9-19(21)26/h4-13H,1-3H3,(H,27,30,34)/b18-13+. The lowest BCUT2D eigenvalue weighted by Gasteiger charge is -2.29. The first kappa shape index (κ1) is 23.1. The van der Waals surface area contributed by atoms with Crippen LogP contribution in [0.25, 0.3) is 11.8 Å². The Morgan fingerprint density at radius 2 is 1.71 bits per heavy atom. The molecule has 0 radical (unpaired) electrons. The van der Waals surface area contributed by atoms with Gasteiger partial charge in [0.2, 0.25) is 0 Å². The van der Waals surface area contributed by atoms with E-state index in [-0.39, 0.29) is 16.4 Å². The molecule has 2 aromatic carbocycles. The Hall–Kier alpha value is -4.11. The molecule has 7 nitrogen and oxygen atoms in total. The van der Waals surface area contributed by atoms with Gasteiger partial charge in [-0.05, 0) is 68.0 Å². The summed E-state index contributed by atoms with van der Waals surface area (Å²) in [5, 5.41) is 2.26. The number of hydrogen-bond donors (Lipinski definition) is 1. The lowest BCUT2D eigenvalue weighted by molar-refractivity contribution is -0.122. The van der Waals surface area contributed by atoms with E-state index >= 15 is 0 Å². The van der Waals surface area contributed by atoms with Crippen molar-refractivity contribution in [1.82, 2.24) is 9.88 Å². The summed E-state index contributed by atoms with van der Waals surface area (Å²) in [6, 6.07) is 14.4. The van der Waals surface area contributed by atoms with Crippen LogP contribution in [-0.2, 0) is 14.3 Å². The number of para-hydroxylation sites is 2. The molecule has 1 fully saturated rings. The minimum atomic E-state index is -0.737. The van der Waals surface area contributed by atoms with E-state index in [1.165, 1.54) is 31.4 Å². The first-order valence-electron chi connectivity index (χ1n) is 10.3. The molecule has 1 saturated heterocycles. The molecule has 9 heteroatoms. The van der Waals surface area contributed by atoms with Gasteiger partial charge in [-0.2, -0.15) is 0 Å². The Labute approximate surface area is 200 Å². The minimum Gasteiger partial charge on any atom is -0.465 e. The number of methoxy groups -OCH3 is 1. The van der Waals surface area contributed by atoms with Crippen molar-refractivity contribution in [3.05, 3.63) is 88.5 Å². The predicted octanol–water partition coefficient (Wildman–Crippen LogP) is 3.85. The topological polar surface area (TPSA) is 80.6 Å². The summed E-state index contributed by atoms with van der Waals surface area (Å²) < 4.78 is 21.1. The number of ether oxygens (including phenoxy) is 1. The molecule has 1 N–H and O–H groups in total. The van der Waals surface area contributed by atoms with Crippen LogP contribution < -0.4 is 10.2 Å². The Bertz CT molecular complexity index is 1390. The van der Waals surface area contributed by atoms with E-state index in [1.807, 2.05) is 11.5 Å². The van der Waals surface area contributed by atoms with Gasteiger partial charge >= 0.3 is 5.97 Å². The average molecular weight is 478 g/mol. The Balaban J connectivity index is 1.81. The number of nitrogens with one attached hydrogen (secondary N) is 1. The van der Waals surface area contributed by atoms with Crippen molar-refractivity contribution in [2.24, 2.45) is 0 Å². The van der Waals surface area contributed by atoms with Crippen molar-refractivity contribution in [1.29, 1.82) is 0 Å². The molecular formula is C25H20FN3O4S. The van der Waals surface area contributed by atoms with Gasteiger partial charge in [0.1, 0.15) is 11.4 Å².